The molecule has 5 nitrogen and oxygen atoms in total. The molecule has 116 valence electrons. The maximum absolute atomic E-state index is 12.7. The van der Waals surface area contributed by atoms with Crippen molar-refractivity contribution in [1.82, 2.24) is 5.32 Å². The fraction of sp³-hybridized carbons (Fsp3) is 0.562. The molecule has 0 aromatic heterocycles. The first-order valence-corrected chi connectivity index (χ1v) is 7.36. The molecule has 0 saturated carbocycles. The number of ether oxygens (including phenoxy) is 2. The molecule has 1 N–H and O–H groups in total. The van der Waals surface area contributed by atoms with Crippen molar-refractivity contribution in [3.8, 4) is 11.5 Å². The number of carbonyl (C=O) groups excluding carboxylic acids is 1. The normalized spacial score (nSPS) is 16.0. The lowest BCUT2D eigenvalue weighted by molar-refractivity contribution is -0.124. The van der Waals surface area contributed by atoms with Crippen LogP contribution >= 0.6 is 0 Å². The van der Waals surface area contributed by atoms with Crippen LogP contribution in [0, 0.1) is 11.8 Å². The molecule has 2 rings (SSSR count). The number of hydrogen-bond donors (Lipinski definition) is 1. The summed E-state index contributed by atoms with van der Waals surface area (Å²) in [6, 6.07) is 5.58. The van der Waals surface area contributed by atoms with Crippen molar-refractivity contribution in [1.29, 1.82) is 0 Å². The van der Waals surface area contributed by atoms with Gasteiger partial charge in [0.25, 0.3) is 0 Å². The Morgan fingerprint density at radius 2 is 2.00 bits per heavy atom. The lowest BCUT2D eigenvalue weighted by Gasteiger charge is -2.35. The van der Waals surface area contributed by atoms with Gasteiger partial charge >= 0.3 is 0 Å². The van der Waals surface area contributed by atoms with Crippen LogP contribution in [0.5, 0.6) is 11.5 Å². The highest BCUT2D eigenvalue weighted by Gasteiger charge is 2.31. The molecular formula is C16H24N2O3. The monoisotopic (exact) mass is 292 g/mol. The van der Waals surface area contributed by atoms with Gasteiger partial charge in [-0.15, -0.1) is 0 Å². The number of carbonyl (C=O) groups is 1. The highest BCUT2D eigenvalue weighted by molar-refractivity contribution is 5.95. The first kappa shape index (κ1) is 15.6. The van der Waals surface area contributed by atoms with Crippen LogP contribution in [0.15, 0.2) is 18.2 Å². The molecular weight excluding hydrogens is 268 g/mol. The minimum absolute atomic E-state index is 0.0271. The SMILES string of the molecule is CCN(C(=O)C(C)C1CNC1)c1ccc(OC)c(OC)c1. The summed E-state index contributed by atoms with van der Waals surface area (Å²) in [5.41, 5.74) is 0.847. The summed E-state index contributed by atoms with van der Waals surface area (Å²) in [4.78, 5) is 14.5. The Labute approximate surface area is 126 Å². The fourth-order valence-electron chi connectivity index (χ4n) is 2.57. The van der Waals surface area contributed by atoms with Gasteiger partial charge in [0.1, 0.15) is 0 Å². The van der Waals surface area contributed by atoms with Crippen molar-refractivity contribution < 1.29 is 14.3 Å². The molecule has 0 spiro atoms. The van der Waals surface area contributed by atoms with Gasteiger partial charge in [0, 0.05) is 24.2 Å². The van der Waals surface area contributed by atoms with Crippen molar-refractivity contribution in [2.75, 3.05) is 38.8 Å². The highest BCUT2D eigenvalue weighted by Crippen LogP contribution is 2.32. The summed E-state index contributed by atoms with van der Waals surface area (Å²) in [5, 5.41) is 3.22. The minimum Gasteiger partial charge on any atom is -0.493 e. The smallest absolute Gasteiger partial charge is 0.230 e. The molecule has 1 unspecified atom stereocenters. The fourth-order valence-corrected chi connectivity index (χ4v) is 2.57. The average molecular weight is 292 g/mol. The van der Waals surface area contributed by atoms with Crippen molar-refractivity contribution in [3.63, 3.8) is 0 Å². The molecule has 0 aliphatic carbocycles. The van der Waals surface area contributed by atoms with Gasteiger partial charge in [-0.2, -0.15) is 0 Å². The third-order valence-electron chi connectivity index (χ3n) is 4.17. The van der Waals surface area contributed by atoms with Crippen molar-refractivity contribution in [2.45, 2.75) is 13.8 Å². The van der Waals surface area contributed by atoms with Crippen LogP contribution in [0.2, 0.25) is 0 Å². The minimum atomic E-state index is 0.0271. The summed E-state index contributed by atoms with van der Waals surface area (Å²) < 4.78 is 10.6. The van der Waals surface area contributed by atoms with E-state index >= 15 is 0 Å². The molecule has 1 aliphatic rings. The van der Waals surface area contributed by atoms with Gasteiger partial charge in [0.2, 0.25) is 5.91 Å². The first-order chi connectivity index (χ1) is 10.1. The summed E-state index contributed by atoms with van der Waals surface area (Å²) in [7, 11) is 3.20. The van der Waals surface area contributed by atoms with E-state index in [4.69, 9.17) is 9.47 Å². The van der Waals surface area contributed by atoms with Crippen LogP contribution in [-0.4, -0.2) is 39.8 Å². The molecule has 5 heteroatoms. The molecule has 1 amide bonds. The van der Waals surface area contributed by atoms with Gasteiger partial charge in [-0.1, -0.05) is 6.92 Å². The molecule has 1 fully saturated rings. The second-order valence-electron chi connectivity index (χ2n) is 5.33. The van der Waals surface area contributed by atoms with Crippen LogP contribution in [0.3, 0.4) is 0 Å². The second-order valence-corrected chi connectivity index (χ2v) is 5.33. The Balaban J connectivity index is 2.21. The summed E-state index contributed by atoms with van der Waals surface area (Å²) in [5.74, 6) is 1.93. The van der Waals surface area contributed by atoms with Gasteiger partial charge in [-0.3, -0.25) is 4.79 Å². The first-order valence-electron chi connectivity index (χ1n) is 7.36. The van der Waals surface area contributed by atoms with E-state index in [0.29, 0.717) is 24.0 Å². The number of benzene rings is 1. The molecule has 0 radical (unpaired) electrons. The maximum atomic E-state index is 12.7. The van der Waals surface area contributed by atoms with E-state index in [-0.39, 0.29) is 11.8 Å². The zero-order chi connectivity index (χ0) is 15.4. The number of hydrogen-bond acceptors (Lipinski definition) is 4. The molecule has 21 heavy (non-hydrogen) atoms. The van der Waals surface area contributed by atoms with E-state index in [1.807, 2.05) is 36.9 Å². The Morgan fingerprint density at radius 3 is 2.48 bits per heavy atom. The Morgan fingerprint density at radius 1 is 1.33 bits per heavy atom. The Hall–Kier alpha value is -1.75. The lowest BCUT2D eigenvalue weighted by atomic mass is 9.88. The van der Waals surface area contributed by atoms with Gasteiger partial charge in [-0.25, -0.2) is 0 Å². The van der Waals surface area contributed by atoms with Crippen LogP contribution < -0.4 is 19.7 Å². The molecule has 1 aliphatic heterocycles. The van der Waals surface area contributed by atoms with Crippen LogP contribution in [0.25, 0.3) is 0 Å². The predicted octanol–water partition coefficient (Wildman–Crippen LogP) is 1.91. The van der Waals surface area contributed by atoms with Crippen molar-refractivity contribution in [3.05, 3.63) is 18.2 Å². The van der Waals surface area contributed by atoms with Gasteiger partial charge in [-0.05, 0) is 38.1 Å². The third kappa shape index (κ3) is 3.13. The largest absolute Gasteiger partial charge is 0.493 e. The number of nitrogens with zero attached hydrogens (tertiary/aromatic N) is 1. The zero-order valence-corrected chi connectivity index (χ0v) is 13.2. The summed E-state index contributed by atoms with van der Waals surface area (Å²) >= 11 is 0. The van der Waals surface area contributed by atoms with E-state index in [1.54, 1.807) is 14.2 Å². The molecule has 1 aromatic rings. The standard InChI is InChI=1S/C16H24N2O3/c1-5-18(16(19)11(2)12-9-17-10-12)13-6-7-14(20-3)15(8-13)21-4/h6-8,11-12,17H,5,9-10H2,1-4H3. The Kier molecular flexibility index (Phi) is 5.07. The van der Waals surface area contributed by atoms with Crippen LogP contribution in [0.4, 0.5) is 5.69 Å². The number of nitrogens with one attached hydrogen (secondary N) is 1. The third-order valence-corrected chi connectivity index (χ3v) is 4.17. The Bertz CT molecular complexity index is 500. The number of methoxy groups -OCH3 is 2. The topological polar surface area (TPSA) is 50.8 Å². The van der Waals surface area contributed by atoms with E-state index in [2.05, 4.69) is 5.32 Å². The number of rotatable bonds is 6. The van der Waals surface area contributed by atoms with Gasteiger partial charge < -0.3 is 19.7 Å². The quantitative estimate of drug-likeness (QED) is 0.870. The van der Waals surface area contributed by atoms with E-state index < -0.39 is 0 Å². The van der Waals surface area contributed by atoms with Crippen molar-refractivity contribution in [2.24, 2.45) is 11.8 Å². The molecule has 1 saturated heterocycles. The average Bonchev–Trinajstić information content (AvgIpc) is 2.45. The van der Waals surface area contributed by atoms with Crippen LogP contribution in [0.1, 0.15) is 13.8 Å². The number of amides is 1. The second kappa shape index (κ2) is 6.80. The van der Waals surface area contributed by atoms with Crippen molar-refractivity contribution >= 4 is 11.6 Å². The number of anilines is 1. The van der Waals surface area contributed by atoms with Crippen LogP contribution in [-0.2, 0) is 4.79 Å². The van der Waals surface area contributed by atoms with Gasteiger partial charge in [0.15, 0.2) is 11.5 Å². The predicted molar refractivity (Wildman–Crippen MR) is 83.1 cm³/mol. The van der Waals surface area contributed by atoms with E-state index in [0.717, 1.165) is 18.8 Å². The summed E-state index contributed by atoms with van der Waals surface area (Å²) in [6.07, 6.45) is 0. The molecule has 0 bridgehead atoms. The zero-order valence-electron chi connectivity index (χ0n) is 13.2. The molecule has 1 atom stereocenters. The lowest BCUT2D eigenvalue weighted by Crippen LogP contribution is -2.50. The highest BCUT2D eigenvalue weighted by atomic mass is 16.5. The molecule has 1 aromatic carbocycles. The maximum Gasteiger partial charge on any atom is 0.230 e. The molecule has 1 heterocycles. The van der Waals surface area contributed by atoms with Gasteiger partial charge in [0.05, 0.1) is 14.2 Å². The van der Waals surface area contributed by atoms with E-state index in [1.165, 1.54) is 0 Å². The summed E-state index contributed by atoms with van der Waals surface area (Å²) in [6.45, 7) is 6.49. The van der Waals surface area contributed by atoms with E-state index in [9.17, 15) is 4.79 Å².